The first-order chi connectivity index (χ1) is 19.1. The molecule has 2 aromatic rings. The average molecular weight is 628 g/mol. The first kappa shape index (κ1) is 32.2. The van der Waals surface area contributed by atoms with E-state index in [0.717, 1.165) is 30.3 Å². The van der Waals surface area contributed by atoms with Gasteiger partial charge in [-0.15, -0.1) is 0 Å². The molecule has 0 aromatic heterocycles. The highest BCUT2D eigenvalue weighted by molar-refractivity contribution is 7.92. The second kappa shape index (κ2) is 10.5. The minimum atomic E-state index is -6.35. The number of benzene rings is 2. The van der Waals surface area contributed by atoms with Gasteiger partial charge in [-0.3, -0.25) is 4.79 Å². The highest BCUT2D eigenvalue weighted by atomic mass is 32.2. The van der Waals surface area contributed by atoms with E-state index in [0.29, 0.717) is 12.1 Å². The molecule has 0 bridgehead atoms. The van der Waals surface area contributed by atoms with Gasteiger partial charge in [0.1, 0.15) is 10.6 Å². The van der Waals surface area contributed by atoms with Gasteiger partial charge in [0.05, 0.1) is 16.9 Å². The topological polar surface area (TPSA) is 83.5 Å². The number of fused-ring (bicyclic) bond motifs is 3. The van der Waals surface area contributed by atoms with Crippen molar-refractivity contribution in [1.29, 1.82) is 0 Å². The van der Waals surface area contributed by atoms with Crippen molar-refractivity contribution in [2.75, 3.05) is 0 Å². The maximum atomic E-state index is 15.0. The zero-order chi connectivity index (χ0) is 31.5. The molecule has 0 spiro atoms. The minimum Gasteiger partial charge on any atom is -0.390 e. The van der Waals surface area contributed by atoms with Crippen LogP contribution in [0.15, 0.2) is 47.4 Å². The van der Waals surface area contributed by atoms with Crippen LogP contribution < -0.4 is 5.32 Å². The third kappa shape index (κ3) is 5.29. The Morgan fingerprint density at radius 2 is 1.57 bits per heavy atom. The molecule has 4 rings (SSSR count). The van der Waals surface area contributed by atoms with Gasteiger partial charge in [-0.1, -0.05) is 18.2 Å². The number of hydrogen-bond acceptors (Lipinski definition) is 4. The number of alkyl halides is 7. The van der Waals surface area contributed by atoms with Gasteiger partial charge < -0.3 is 10.4 Å². The van der Waals surface area contributed by atoms with Crippen molar-refractivity contribution >= 4 is 15.7 Å². The van der Waals surface area contributed by atoms with E-state index < -0.39 is 67.5 Å². The number of aryl methyl sites for hydroxylation is 1. The molecule has 5 nitrogen and oxygen atoms in total. The van der Waals surface area contributed by atoms with Gasteiger partial charge in [0, 0.05) is 17.5 Å². The van der Waals surface area contributed by atoms with Crippen molar-refractivity contribution in [3.8, 4) is 0 Å². The van der Waals surface area contributed by atoms with E-state index in [2.05, 4.69) is 5.32 Å². The Balaban J connectivity index is 1.92. The smallest absolute Gasteiger partial charge is 0.390 e. The van der Waals surface area contributed by atoms with Crippen LogP contribution in [0.25, 0.3) is 0 Å². The van der Waals surface area contributed by atoms with Crippen LogP contribution in [0.4, 0.5) is 35.1 Å². The van der Waals surface area contributed by atoms with Gasteiger partial charge in [0.15, 0.2) is 9.84 Å². The van der Waals surface area contributed by atoms with E-state index in [4.69, 9.17) is 0 Å². The van der Waals surface area contributed by atoms with Gasteiger partial charge in [0.2, 0.25) is 5.91 Å². The number of hydrogen-bond donors (Lipinski definition) is 2. The minimum absolute atomic E-state index is 0.0715. The highest BCUT2D eigenvalue weighted by Gasteiger charge is 2.73. The first-order valence-electron chi connectivity index (χ1n) is 13.1. The molecule has 2 aliphatic rings. The number of carbonyl (C=O) groups is 1. The fourth-order valence-electron chi connectivity index (χ4n) is 6.40. The zero-order valence-corrected chi connectivity index (χ0v) is 23.4. The number of halogens is 8. The molecule has 0 unspecified atom stereocenters. The second-order valence-corrected chi connectivity index (χ2v) is 13.8. The van der Waals surface area contributed by atoms with Gasteiger partial charge in [-0.25, -0.2) is 17.2 Å². The molecule has 3 atom stereocenters. The number of carbonyl (C=O) groups excluding carboxylic acids is 1. The zero-order valence-electron chi connectivity index (χ0n) is 22.5. The molecular weight excluding hydrogens is 598 g/mol. The van der Waals surface area contributed by atoms with Crippen LogP contribution in [-0.2, 0) is 31.5 Å². The molecule has 0 aliphatic heterocycles. The third-order valence-electron chi connectivity index (χ3n) is 8.16. The molecule has 2 aliphatic carbocycles. The highest BCUT2D eigenvalue weighted by Crippen LogP contribution is 2.58. The lowest BCUT2D eigenvalue weighted by atomic mass is 9.82. The van der Waals surface area contributed by atoms with Crippen LogP contribution in [-0.4, -0.2) is 43.4 Å². The Labute approximate surface area is 237 Å². The summed E-state index contributed by atoms with van der Waals surface area (Å²) in [4.78, 5) is 12.4. The van der Waals surface area contributed by atoms with Crippen LogP contribution in [0.1, 0.15) is 62.6 Å². The summed E-state index contributed by atoms with van der Waals surface area (Å²) in [5.74, 6) is -2.22. The summed E-state index contributed by atoms with van der Waals surface area (Å²) >= 11 is 0. The van der Waals surface area contributed by atoms with Crippen molar-refractivity contribution in [1.82, 2.24) is 5.32 Å². The molecule has 232 valence electrons. The van der Waals surface area contributed by atoms with Crippen LogP contribution in [0.3, 0.4) is 0 Å². The van der Waals surface area contributed by atoms with Gasteiger partial charge in [-0.2, -0.15) is 26.3 Å². The fraction of sp³-hybridized carbons (Fsp3) is 0.536. The van der Waals surface area contributed by atoms with E-state index in [1.54, 1.807) is 0 Å². The number of amides is 1. The van der Waals surface area contributed by atoms with Crippen molar-refractivity contribution in [3.63, 3.8) is 0 Å². The SMILES string of the molecule is CC(C)(O)CC(=O)N[C@@H]1CC[C@@]2(S(=O)(=O)c3ccc(F)cc3)c3ccc(C(F)(C(F)(F)F)C(F)(F)F)cc3CCC[C@@H]12. The summed E-state index contributed by atoms with van der Waals surface area (Å²) in [6.45, 7) is 2.80. The van der Waals surface area contributed by atoms with Gasteiger partial charge in [-0.05, 0) is 81.3 Å². The van der Waals surface area contributed by atoms with Gasteiger partial charge >= 0.3 is 18.0 Å². The largest absolute Gasteiger partial charge is 0.435 e. The Kier molecular flexibility index (Phi) is 8.01. The molecule has 0 saturated heterocycles. The lowest BCUT2D eigenvalue weighted by molar-refractivity contribution is -0.348. The predicted octanol–water partition coefficient (Wildman–Crippen LogP) is 6.18. The molecule has 0 heterocycles. The number of sulfone groups is 1. The molecule has 2 N–H and O–H groups in total. The number of rotatable bonds is 6. The molecule has 0 radical (unpaired) electrons. The Hall–Kier alpha value is -2.74. The Morgan fingerprint density at radius 1 is 0.976 bits per heavy atom. The molecule has 1 saturated carbocycles. The van der Waals surface area contributed by atoms with E-state index in [-0.39, 0.29) is 54.5 Å². The number of aliphatic hydroxyl groups is 1. The lowest BCUT2D eigenvalue weighted by Gasteiger charge is -2.38. The standard InChI is InChI=1S/C28H29F8NO4S/c1-24(2,39)15-23(38)37-22-12-13-25(42(40,41)19-9-7-18(29)8-10-19)20-11-6-17(14-16(20)4-3-5-21(22)25)26(30,27(31,32)33)28(34,35)36/h6-11,14,21-22,39H,3-5,12-13,15H2,1-2H3,(H,37,38)/t21-,22+,25+/m0/s1. The van der Waals surface area contributed by atoms with Crippen molar-refractivity contribution in [2.24, 2.45) is 5.92 Å². The quantitative estimate of drug-likeness (QED) is 0.296. The predicted molar refractivity (Wildman–Crippen MR) is 135 cm³/mol. The molecule has 1 fully saturated rings. The van der Waals surface area contributed by atoms with E-state index in [1.807, 2.05) is 0 Å². The summed E-state index contributed by atoms with van der Waals surface area (Å²) in [6, 6.07) is 4.58. The van der Waals surface area contributed by atoms with Crippen molar-refractivity contribution in [2.45, 2.75) is 91.7 Å². The number of nitrogens with one attached hydrogen (secondary N) is 1. The fourth-order valence-corrected chi connectivity index (χ4v) is 8.88. The summed E-state index contributed by atoms with van der Waals surface area (Å²) in [5.41, 5.74) is -9.10. The summed E-state index contributed by atoms with van der Waals surface area (Å²) < 4.78 is 137. The van der Waals surface area contributed by atoms with Gasteiger partial charge in [0.25, 0.3) is 0 Å². The average Bonchev–Trinajstić information content (AvgIpc) is 3.10. The summed E-state index contributed by atoms with van der Waals surface area (Å²) in [6.07, 6.45) is -13.1. The van der Waals surface area contributed by atoms with Crippen molar-refractivity contribution in [3.05, 3.63) is 65.0 Å². The Morgan fingerprint density at radius 3 is 2.12 bits per heavy atom. The van der Waals surface area contributed by atoms with E-state index >= 15 is 0 Å². The maximum absolute atomic E-state index is 15.0. The molecule has 42 heavy (non-hydrogen) atoms. The summed E-state index contributed by atoms with van der Waals surface area (Å²) in [7, 11) is -4.53. The summed E-state index contributed by atoms with van der Waals surface area (Å²) in [5, 5.41) is 12.8. The van der Waals surface area contributed by atoms with Crippen LogP contribution >= 0.6 is 0 Å². The first-order valence-corrected chi connectivity index (χ1v) is 14.6. The molecule has 2 aromatic carbocycles. The maximum Gasteiger partial charge on any atom is 0.435 e. The van der Waals surface area contributed by atoms with Crippen LogP contribution in [0.5, 0.6) is 0 Å². The van der Waals surface area contributed by atoms with Crippen LogP contribution in [0.2, 0.25) is 0 Å². The molecule has 14 heteroatoms. The lowest BCUT2D eigenvalue weighted by Crippen LogP contribution is -2.50. The molecular formula is C28H29F8NO4S. The third-order valence-corrected chi connectivity index (χ3v) is 10.7. The van der Waals surface area contributed by atoms with E-state index in [1.165, 1.54) is 13.8 Å². The second-order valence-electron chi connectivity index (χ2n) is 11.6. The van der Waals surface area contributed by atoms with Crippen molar-refractivity contribution < 1.29 is 53.4 Å². The Bertz CT molecular complexity index is 1430. The monoisotopic (exact) mass is 627 g/mol. The molecule has 1 amide bonds. The van der Waals surface area contributed by atoms with Crippen LogP contribution in [0, 0.1) is 11.7 Å². The normalized spacial score (nSPS) is 23.6. The van der Waals surface area contributed by atoms with E-state index in [9.17, 15) is 53.4 Å².